The van der Waals surface area contributed by atoms with Gasteiger partial charge in [-0.05, 0) is 36.4 Å². The molecule has 0 saturated heterocycles. The third-order valence-electron chi connectivity index (χ3n) is 4.08. The van der Waals surface area contributed by atoms with Crippen molar-refractivity contribution in [3.63, 3.8) is 0 Å². The maximum atomic E-state index is 13.0. The van der Waals surface area contributed by atoms with Crippen LogP contribution in [0.2, 0.25) is 0 Å². The molecule has 11 heteroatoms. The molecule has 0 atom stereocenters. The Morgan fingerprint density at radius 1 is 0.897 bits per heavy atom. The lowest BCUT2D eigenvalue weighted by atomic mass is 10.0. The van der Waals surface area contributed by atoms with Crippen LogP contribution < -0.4 is 5.32 Å². The number of rotatable bonds is 3. The summed E-state index contributed by atoms with van der Waals surface area (Å²) < 4.78 is 78.2. The van der Waals surface area contributed by atoms with Crippen molar-refractivity contribution >= 4 is 33.1 Å². The molecule has 0 spiro atoms. The lowest BCUT2D eigenvalue weighted by Crippen LogP contribution is -2.11. The van der Waals surface area contributed by atoms with Crippen LogP contribution >= 0.6 is 11.3 Å². The Labute approximate surface area is 163 Å². The Morgan fingerprint density at radius 3 is 2.24 bits per heavy atom. The van der Waals surface area contributed by atoms with Crippen LogP contribution in [0.15, 0.2) is 48.0 Å². The van der Waals surface area contributed by atoms with E-state index >= 15 is 0 Å². The second-order valence-corrected chi connectivity index (χ2v) is 6.99. The number of benzene rings is 2. The number of halogens is 6. The fraction of sp³-hybridized carbons (Fsp3) is 0.111. The van der Waals surface area contributed by atoms with Gasteiger partial charge in [-0.3, -0.25) is 5.10 Å². The first-order valence-electron chi connectivity index (χ1n) is 8.05. The summed E-state index contributed by atoms with van der Waals surface area (Å²) in [5.74, 6) is 0. The summed E-state index contributed by atoms with van der Waals surface area (Å²) in [5, 5.41) is 12.2. The summed E-state index contributed by atoms with van der Waals surface area (Å²) in [4.78, 5) is 4.14. The molecule has 0 amide bonds. The van der Waals surface area contributed by atoms with Gasteiger partial charge in [0.25, 0.3) is 0 Å². The van der Waals surface area contributed by atoms with E-state index in [0.29, 0.717) is 23.0 Å². The second kappa shape index (κ2) is 6.76. The topological polar surface area (TPSA) is 53.6 Å². The van der Waals surface area contributed by atoms with Gasteiger partial charge < -0.3 is 5.32 Å². The molecule has 0 radical (unpaired) electrons. The number of nitrogens with zero attached hydrogens (tertiary/aromatic N) is 2. The predicted molar refractivity (Wildman–Crippen MR) is 96.9 cm³/mol. The van der Waals surface area contributed by atoms with E-state index in [1.165, 1.54) is 5.38 Å². The molecule has 0 fully saturated rings. The van der Waals surface area contributed by atoms with Gasteiger partial charge in [-0.25, -0.2) is 4.98 Å². The minimum Gasteiger partial charge on any atom is -0.332 e. The Kier molecular flexibility index (Phi) is 4.49. The first kappa shape index (κ1) is 19.2. The molecule has 2 aromatic heterocycles. The van der Waals surface area contributed by atoms with Gasteiger partial charge >= 0.3 is 12.4 Å². The molecule has 0 aliphatic carbocycles. The lowest BCUT2D eigenvalue weighted by Gasteiger charge is -2.13. The van der Waals surface area contributed by atoms with Crippen LogP contribution in [-0.2, 0) is 12.4 Å². The molecule has 4 nitrogen and oxygen atoms in total. The number of H-pyrrole nitrogens is 1. The highest BCUT2D eigenvalue weighted by Crippen LogP contribution is 2.39. The number of aromatic amines is 1. The minimum atomic E-state index is -4.91. The molecule has 4 aromatic rings. The molecule has 2 aromatic carbocycles. The number of fused-ring (bicyclic) bond motifs is 1. The average molecular weight is 428 g/mol. The molecule has 0 aliphatic rings. The van der Waals surface area contributed by atoms with E-state index in [2.05, 4.69) is 20.5 Å². The number of alkyl halides is 6. The lowest BCUT2D eigenvalue weighted by molar-refractivity contribution is -0.143. The number of hydrogen-bond acceptors (Lipinski definition) is 4. The molecule has 2 heterocycles. The van der Waals surface area contributed by atoms with Crippen molar-refractivity contribution < 1.29 is 26.3 Å². The van der Waals surface area contributed by atoms with E-state index in [1.807, 2.05) is 0 Å². The monoisotopic (exact) mass is 428 g/mol. The van der Waals surface area contributed by atoms with E-state index in [1.54, 1.807) is 24.4 Å². The van der Waals surface area contributed by atoms with Crippen LogP contribution in [0.25, 0.3) is 22.2 Å². The van der Waals surface area contributed by atoms with E-state index in [-0.39, 0.29) is 17.3 Å². The summed E-state index contributed by atoms with van der Waals surface area (Å²) in [6.07, 6.45) is -8.20. The molecule has 0 bridgehead atoms. The first-order chi connectivity index (χ1) is 13.6. The van der Waals surface area contributed by atoms with Crippen LogP contribution in [0.3, 0.4) is 0 Å². The Balaban J connectivity index is 1.67. The van der Waals surface area contributed by atoms with E-state index < -0.39 is 23.5 Å². The van der Waals surface area contributed by atoms with Crippen molar-refractivity contribution in [3.8, 4) is 11.3 Å². The van der Waals surface area contributed by atoms with Gasteiger partial charge in [0.15, 0.2) is 5.13 Å². The highest BCUT2D eigenvalue weighted by molar-refractivity contribution is 7.14. The zero-order valence-corrected chi connectivity index (χ0v) is 15.0. The van der Waals surface area contributed by atoms with Crippen LogP contribution in [0.1, 0.15) is 11.1 Å². The number of hydrogen-bond donors (Lipinski definition) is 2. The van der Waals surface area contributed by atoms with Crippen molar-refractivity contribution in [1.29, 1.82) is 0 Å². The first-order valence-corrected chi connectivity index (χ1v) is 8.93. The molecule has 150 valence electrons. The highest BCUT2D eigenvalue weighted by atomic mass is 32.1. The quantitative estimate of drug-likeness (QED) is 0.368. The number of anilines is 2. The number of nitrogens with one attached hydrogen (secondary N) is 2. The van der Waals surface area contributed by atoms with Gasteiger partial charge in [-0.15, -0.1) is 11.3 Å². The van der Waals surface area contributed by atoms with Gasteiger partial charge in [0.1, 0.15) is 0 Å². The summed E-state index contributed by atoms with van der Waals surface area (Å²) in [6.45, 7) is 0. The van der Waals surface area contributed by atoms with Crippen LogP contribution in [0, 0.1) is 0 Å². The molecular weight excluding hydrogens is 418 g/mol. The Bertz CT molecular complexity index is 1140. The third kappa shape index (κ3) is 4.04. The molecule has 0 unspecified atom stereocenters. The van der Waals surface area contributed by atoms with Gasteiger partial charge in [0, 0.05) is 22.0 Å². The highest BCUT2D eigenvalue weighted by Gasteiger charge is 2.37. The standard InChI is InChI=1S/C18H10F6N4S/c19-17(20,21)11-3-9(4-12(6-11)18(22,23)24)15-8-29-16(27-15)26-13-1-2-14-10(5-13)7-25-28-14/h1-8H,(H,25,28)(H,26,27). The Morgan fingerprint density at radius 2 is 1.59 bits per heavy atom. The van der Waals surface area contributed by atoms with Crippen molar-refractivity contribution in [2.24, 2.45) is 0 Å². The summed E-state index contributed by atoms with van der Waals surface area (Å²) in [7, 11) is 0. The number of aromatic nitrogens is 3. The molecule has 2 N–H and O–H groups in total. The average Bonchev–Trinajstić information content (AvgIpc) is 3.29. The largest absolute Gasteiger partial charge is 0.416 e. The van der Waals surface area contributed by atoms with Gasteiger partial charge in [0.05, 0.1) is 28.5 Å². The fourth-order valence-electron chi connectivity index (χ4n) is 2.71. The van der Waals surface area contributed by atoms with E-state index in [9.17, 15) is 26.3 Å². The van der Waals surface area contributed by atoms with E-state index in [4.69, 9.17) is 0 Å². The number of thiazole rings is 1. The molecule has 29 heavy (non-hydrogen) atoms. The maximum Gasteiger partial charge on any atom is 0.416 e. The molecular formula is C18H10F6N4S. The van der Waals surface area contributed by atoms with Gasteiger partial charge in [-0.2, -0.15) is 31.4 Å². The fourth-order valence-corrected chi connectivity index (χ4v) is 3.45. The molecule has 0 saturated carbocycles. The minimum absolute atomic E-state index is 0.0125. The SMILES string of the molecule is FC(F)(F)c1cc(-c2csc(Nc3ccc4[nH]ncc4c3)n2)cc(C(F)(F)F)c1. The zero-order valence-electron chi connectivity index (χ0n) is 14.2. The smallest absolute Gasteiger partial charge is 0.332 e. The molecule has 4 rings (SSSR count). The van der Waals surface area contributed by atoms with Crippen molar-refractivity contribution in [3.05, 3.63) is 59.1 Å². The van der Waals surface area contributed by atoms with Crippen LogP contribution in [0.5, 0.6) is 0 Å². The van der Waals surface area contributed by atoms with Crippen molar-refractivity contribution in [2.45, 2.75) is 12.4 Å². The van der Waals surface area contributed by atoms with Gasteiger partial charge in [0.2, 0.25) is 0 Å². The maximum absolute atomic E-state index is 13.0. The van der Waals surface area contributed by atoms with Crippen LogP contribution in [0.4, 0.5) is 37.2 Å². The Hall–Kier alpha value is -3.08. The second-order valence-electron chi connectivity index (χ2n) is 6.13. The van der Waals surface area contributed by atoms with Crippen molar-refractivity contribution in [2.75, 3.05) is 5.32 Å². The van der Waals surface area contributed by atoms with Gasteiger partial charge in [-0.1, -0.05) is 0 Å². The summed E-state index contributed by atoms with van der Waals surface area (Å²) in [5.41, 5.74) is -1.54. The third-order valence-corrected chi connectivity index (χ3v) is 4.84. The van der Waals surface area contributed by atoms with Crippen molar-refractivity contribution in [1.82, 2.24) is 15.2 Å². The predicted octanol–water partition coefficient (Wildman–Crippen LogP) is 6.47. The normalized spacial score (nSPS) is 12.5. The summed E-state index contributed by atoms with van der Waals surface area (Å²) >= 11 is 1.07. The van der Waals surface area contributed by atoms with E-state index in [0.717, 1.165) is 22.2 Å². The zero-order chi connectivity index (χ0) is 20.8. The summed E-state index contributed by atoms with van der Waals surface area (Å²) in [6, 6.07) is 6.72. The van der Waals surface area contributed by atoms with Crippen LogP contribution in [-0.4, -0.2) is 15.2 Å². The molecule has 0 aliphatic heterocycles.